The monoisotopic (exact) mass is 334 g/mol. The number of carbonyl (C=O) groups excluding carboxylic acids is 2. The van der Waals surface area contributed by atoms with Crippen molar-refractivity contribution in [3.8, 4) is 0 Å². The van der Waals surface area contributed by atoms with Crippen LogP contribution in [0.2, 0.25) is 0 Å². The lowest BCUT2D eigenvalue weighted by molar-refractivity contribution is -0.124. The minimum atomic E-state index is -0.381. The first kappa shape index (κ1) is 17.4. The largest absolute Gasteiger partial charge is 0.462 e. The molecule has 23 heavy (non-hydrogen) atoms. The molecule has 2 rings (SSSR count). The van der Waals surface area contributed by atoms with Crippen LogP contribution in [-0.4, -0.2) is 23.6 Å². The summed E-state index contributed by atoms with van der Waals surface area (Å²) in [5.41, 5.74) is 1.09. The molecule has 1 aliphatic carbocycles. The second-order valence-electron chi connectivity index (χ2n) is 5.58. The van der Waals surface area contributed by atoms with Gasteiger partial charge in [0.2, 0.25) is 5.91 Å². The van der Waals surface area contributed by atoms with Crippen molar-refractivity contribution in [2.45, 2.75) is 39.0 Å². The minimum Gasteiger partial charge on any atom is -0.462 e. The third-order valence-electron chi connectivity index (χ3n) is 3.84. The first-order valence-electron chi connectivity index (χ1n) is 7.99. The van der Waals surface area contributed by atoms with Crippen LogP contribution in [0.5, 0.6) is 0 Å². The predicted molar refractivity (Wildman–Crippen MR) is 93.3 cm³/mol. The number of carbonyl (C=O) groups is 2. The molecule has 0 saturated heterocycles. The number of hydrogen-bond acceptors (Lipinski definition) is 4. The molecule has 0 bridgehead atoms. The van der Waals surface area contributed by atoms with E-state index in [-0.39, 0.29) is 22.9 Å². The first-order chi connectivity index (χ1) is 11.1. The molecule has 0 aromatic heterocycles. The van der Waals surface area contributed by atoms with Crippen molar-refractivity contribution in [2.75, 3.05) is 11.9 Å². The summed E-state index contributed by atoms with van der Waals surface area (Å²) in [5, 5.41) is 5.93. The summed E-state index contributed by atoms with van der Waals surface area (Å²) in [5.74, 6) is -0.355. The van der Waals surface area contributed by atoms with Crippen LogP contribution >= 0.6 is 12.2 Å². The number of benzene rings is 1. The summed E-state index contributed by atoms with van der Waals surface area (Å²) >= 11 is 5.18. The van der Waals surface area contributed by atoms with Gasteiger partial charge in [0.15, 0.2) is 5.11 Å². The van der Waals surface area contributed by atoms with Crippen molar-refractivity contribution in [3.05, 3.63) is 29.8 Å². The van der Waals surface area contributed by atoms with E-state index in [1.807, 2.05) is 0 Å². The summed E-state index contributed by atoms with van der Waals surface area (Å²) in [6.07, 6.45) is 5.24. The standard InChI is InChI=1S/C17H22N2O3S/c1-2-22-16(21)13-9-6-10-14(11-13)18-17(23)19-15(20)12-7-4-3-5-8-12/h6,9-12H,2-5,7-8H2,1H3,(H2,18,19,20,23). The highest BCUT2D eigenvalue weighted by Gasteiger charge is 2.21. The molecule has 1 amide bonds. The summed E-state index contributed by atoms with van der Waals surface area (Å²) < 4.78 is 4.96. The highest BCUT2D eigenvalue weighted by atomic mass is 32.1. The Morgan fingerprint density at radius 1 is 1.26 bits per heavy atom. The highest BCUT2D eigenvalue weighted by molar-refractivity contribution is 7.80. The van der Waals surface area contributed by atoms with E-state index in [0.717, 1.165) is 25.7 Å². The zero-order valence-corrected chi connectivity index (χ0v) is 14.1. The Morgan fingerprint density at radius 2 is 2.00 bits per heavy atom. The molecule has 1 aromatic carbocycles. The Balaban J connectivity index is 1.90. The topological polar surface area (TPSA) is 67.4 Å². The molecule has 0 atom stereocenters. The molecule has 1 aromatic rings. The van der Waals surface area contributed by atoms with Crippen LogP contribution in [0.4, 0.5) is 5.69 Å². The number of anilines is 1. The number of ether oxygens (including phenoxy) is 1. The summed E-state index contributed by atoms with van der Waals surface area (Å²) in [6.45, 7) is 2.09. The van der Waals surface area contributed by atoms with Crippen molar-refractivity contribution < 1.29 is 14.3 Å². The number of amides is 1. The molecule has 124 valence electrons. The maximum atomic E-state index is 12.1. The molecule has 0 radical (unpaired) electrons. The van der Waals surface area contributed by atoms with E-state index in [9.17, 15) is 9.59 Å². The molecule has 1 fully saturated rings. The normalized spacial score (nSPS) is 14.8. The molecule has 1 aliphatic rings. The quantitative estimate of drug-likeness (QED) is 0.653. The average molecular weight is 334 g/mol. The van der Waals surface area contributed by atoms with Gasteiger partial charge in [-0.25, -0.2) is 4.79 Å². The van der Waals surface area contributed by atoms with Gasteiger partial charge in [0.25, 0.3) is 0 Å². The molecular formula is C17H22N2O3S. The lowest BCUT2D eigenvalue weighted by atomic mass is 9.89. The van der Waals surface area contributed by atoms with Crippen LogP contribution in [0.1, 0.15) is 49.4 Å². The van der Waals surface area contributed by atoms with E-state index in [4.69, 9.17) is 17.0 Å². The second-order valence-corrected chi connectivity index (χ2v) is 5.99. The first-order valence-corrected chi connectivity index (χ1v) is 8.40. The molecule has 0 spiro atoms. The molecule has 0 unspecified atom stereocenters. The fraction of sp³-hybridized carbons (Fsp3) is 0.471. The number of hydrogen-bond donors (Lipinski definition) is 2. The molecule has 0 aliphatic heterocycles. The number of thiocarbonyl (C=S) groups is 1. The maximum absolute atomic E-state index is 12.1. The number of rotatable bonds is 4. The van der Waals surface area contributed by atoms with Gasteiger partial charge in [-0.1, -0.05) is 25.3 Å². The lowest BCUT2D eigenvalue weighted by Gasteiger charge is -2.21. The van der Waals surface area contributed by atoms with Gasteiger partial charge >= 0.3 is 5.97 Å². The Bertz CT molecular complexity index is 583. The molecule has 6 heteroatoms. The van der Waals surface area contributed by atoms with Crippen LogP contribution < -0.4 is 10.6 Å². The predicted octanol–water partition coefficient (Wildman–Crippen LogP) is 3.26. The highest BCUT2D eigenvalue weighted by Crippen LogP contribution is 2.23. The van der Waals surface area contributed by atoms with Gasteiger partial charge in [-0.15, -0.1) is 0 Å². The third-order valence-corrected chi connectivity index (χ3v) is 4.05. The minimum absolute atomic E-state index is 0.0243. The fourth-order valence-electron chi connectivity index (χ4n) is 2.68. The zero-order valence-electron chi connectivity index (χ0n) is 13.3. The number of esters is 1. The SMILES string of the molecule is CCOC(=O)c1cccc(NC(=S)NC(=O)C2CCCCC2)c1. The summed E-state index contributed by atoms with van der Waals surface area (Å²) in [4.78, 5) is 23.9. The third kappa shape index (κ3) is 5.32. The van der Waals surface area contributed by atoms with E-state index in [0.29, 0.717) is 17.9 Å². The Labute approximate surface area is 141 Å². The molecule has 1 saturated carbocycles. The van der Waals surface area contributed by atoms with Crippen LogP contribution in [0.3, 0.4) is 0 Å². The summed E-state index contributed by atoms with van der Waals surface area (Å²) in [6, 6.07) is 6.84. The van der Waals surface area contributed by atoms with Crippen LogP contribution in [-0.2, 0) is 9.53 Å². The fourth-order valence-corrected chi connectivity index (χ4v) is 2.90. The van der Waals surface area contributed by atoms with Crippen molar-refractivity contribution in [3.63, 3.8) is 0 Å². The molecule has 0 heterocycles. The van der Waals surface area contributed by atoms with Gasteiger partial charge in [0.05, 0.1) is 12.2 Å². The van der Waals surface area contributed by atoms with Crippen molar-refractivity contribution in [1.29, 1.82) is 0 Å². The molecule has 2 N–H and O–H groups in total. The van der Waals surface area contributed by atoms with E-state index in [2.05, 4.69) is 10.6 Å². The lowest BCUT2D eigenvalue weighted by Crippen LogP contribution is -2.39. The Morgan fingerprint density at radius 3 is 2.70 bits per heavy atom. The van der Waals surface area contributed by atoms with Gasteiger partial charge in [0, 0.05) is 11.6 Å². The van der Waals surface area contributed by atoms with E-state index in [1.54, 1.807) is 31.2 Å². The van der Waals surface area contributed by atoms with Gasteiger partial charge in [-0.05, 0) is 50.2 Å². The van der Waals surface area contributed by atoms with Crippen molar-refractivity contribution in [1.82, 2.24) is 5.32 Å². The van der Waals surface area contributed by atoms with Crippen LogP contribution in [0, 0.1) is 5.92 Å². The molecule has 5 nitrogen and oxygen atoms in total. The smallest absolute Gasteiger partial charge is 0.338 e. The van der Waals surface area contributed by atoms with Crippen molar-refractivity contribution in [2.24, 2.45) is 5.92 Å². The average Bonchev–Trinajstić information content (AvgIpc) is 2.56. The Kier molecular flexibility index (Phi) is 6.52. The Hall–Kier alpha value is -1.95. The van der Waals surface area contributed by atoms with Gasteiger partial charge in [-0.3, -0.25) is 4.79 Å². The number of nitrogens with one attached hydrogen (secondary N) is 2. The second kappa shape index (κ2) is 8.62. The van der Waals surface area contributed by atoms with Crippen LogP contribution in [0.25, 0.3) is 0 Å². The van der Waals surface area contributed by atoms with E-state index < -0.39 is 0 Å². The van der Waals surface area contributed by atoms with E-state index >= 15 is 0 Å². The van der Waals surface area contributed by atoms with Gasteiger partial charge < -0.3 is 15.4 Å². The van der Waals surface area contributed by atoms with E-state index in [1.165, 1.54) is 6.42 Å². The van der Waals surface area contributed by atoms with Crippen LogP contribution in [0.15, 0.2) is 24.3 Å². The summed E-state index contributed by atoms with van der Waals surface area (Å²) in [7, 11) is 0. The van der Waals surface area contributed by atoms with Gasteiger partial charge in [-0.2, -0.15) is 0 Å². The molecular weight excluding hydrogens is 312 g/mol. The van der Waals surface area contributed by atoms with Gasteiger partial charge in [0.1, 0.15) is 0 Å². The van der Waals surface area contributed by atoms with Crippen molar-refractivity contribution >= 4 is 34.9 Å². The zero-order chi connectivity index (χ0) is 16.7. The maximum Gasteiger partial charge on any atom is 0.338 e.